The predicted molar refractivity (Wildman–Crippen MR) is 83.2 cm³/mol. The van der Waals surface area contributed by atoms with E-state index < -0.39 is 11.9 Å². The van der Waals surface area contributed by atoms with Crippen LogP contribution in [0.1, 0.15) is 25.1 Å². The Morgan fingerprint density at radius 2 is 2.25 bits per heavy atom. The van der Waals surface area contributed by atoms with Crippen molar-refractivity contribution in [3.05, 3.63) is 10.9 Å². The van der Waals surface area contributed by atoms with E-state index in [0.29, 0.717) is 11.8 Å². The van der Waals surface area contributed by atoms with Crippen molar-refractivity contribution >= 4 is 39.2 Å². The van der Waals surface area contributed by atoms with Crippen LogP contribution in [0.3, 0.4) is 0 Å². The van der Waals surface area contributed by atoms with Crippen molar-refractivity contribution in [1.82, 2.24) is 9.97 Å². The summed E-state index contributed by atoms with van der Waals surface area (Å²) in [6, 6.07) is 1.53. The average molecular weight is 293 g/mol. The van der Waals surface area contributed by atoms with Gasteiger partial charge in [-0.15, -0.1) is 11.3 Å². The van der Waals surface area contributed by atoms with Gasteiger partial charge in [-0.25, -0.2) is 4.98 Å². The van der Waals surface area contributed by atoms with Gasteiger partial charge >= 0.3 is 0 Å². The summed E-state index contributed by atoms with van der Waals surface area (Å²) in [6.45, 7) is 6.62. The zero-order valence-electron chi connectivity index (χ0n) is 11.9. The molecule has 2 aromatic rings. The Bertz CT molecular complexity index is 624. The molecule has 20 heavy (non-hydrogen) atoms. The first-order valence-electron chi connectivity index (χ1n) is 6.59. The molecule has 0 saturated carbocycles. The Balaban J connectivity index is 2.40. The van der Waals surface area contributed by atoms with Crippen LogP contribution in [0.5, 0.6) is 0 Å². The van der Waals surface area contributed by atoms with Gasteiger partial charge in [0, 0.05) is 11.4 Å². The van der Waals surface area contributed by atoms with Crippen LogP contribution in [0.4, 0.5) is 11.8 Å². The van der Waals surface area contributed by atoms with Gasteiger partial charge in [-0.3, -0.25) is 4.79 Å². The van der Waals surface area contributed by atoms with Crippen LogP contribution >= 0.6 is 11.3 Å². The molecule has 0 aromatic carbocycles. The van der Waals surface area contributed by atoms with E-state index in [0.717, 1.165) is 28.1 Å². The van der Waals surface area contributed by atoms with Crippen LogP contribution in [-0.2, 0) is 4.79 Å². The molecule has 4 N–H and O–H groups in total. The molecule has 7 heteroatoms. The van der Waals surface area contributed by atoms with Crippen molar-refractivity contribution in [2.75, 3.05) is 17.2 Å². The first-order chi connectivity index (χ1) is 9.51. The molecule has 0 fully saturated rings. The highest BCUT2D eigenvalue weighted by Crippen LogP contribution is 2.29. The van der Waals surface area contributed by atoms with E-state index in [1.165, 1.54) is 0 Å². The molecule has 0 aliphatic carbocycles. The summed E-state index contributed by atoms with van der Waals surface area (Å²) in [5.74, 6) is 0.802. The SMILES string of the molecule is CCCNc1nc(NC(C)C(N)=O)c2cc(C)sc2n1. The summed E-state index contributed by atoms with van der Waals surface area (Å²) in [4.78, 5) is 22.2. The summed E-state index contributed by atoms with van der Waals surface area (Å²) in [5.41, 5.74) is 5.29. The number of hydrogen-bond donors (Lipinski definition) is 3. The van der Waals surface area contributed by atoms with E-state index in [-0.39, 0.29) is 0 Å². The van der Waals surface area contributed by atoms with Crippen molar-refractivity contribution in [1.29, 1.82) is 0 Å². The number of carbonyl (C=O) groups excluding carboxylic acids is 1. The molecule has 0 spiro atoms. The van der Waals surface area contributed by atoms with E-state index in [4.69, 9.17) is 5.73 Å². The second-order valence-electron chi connectivity index (χ2n) is 4.67. The molecule has 2 heterocycles. The third-order valence-corrected chi connectivity index (χ3v) is 3.77. The summed E-state index contributed by atoms with van der Waals surface area (Å²) in [7, 11) is 0. The normalized spacial score (nSPS) is 12.3. The maximum absolute atomic E-state index is 11.2. The number of rotatable bonds is 6. The lowest BCUT2D eigenvalue weighted by Gasteiger charge is -2.13. The van der Waals surface area contributed by atoms with Gasteiger partial charge in [0.15, 0.2) is 0 Å². The van der Waals surface area contributed by atoms with Gasteiger partial charge in [-0.2, -0.15) is 4.98 Å². The molecule has 2 rings (SSSR count). The van der Waals surface area contributed by atoms with E-state index >= 15 is 0 Å². The molecule has 0 saturated heterocycles. The van der Waals surface area contributed by atoms with Gasteiger partial charge < -0.3 is 16.4 Å². The highest BCUT2D eigenvalue weighted by molar-refractivity contribution is 7.18. The molecule has 108 valence electrons. The molecule has 1 amide bonds. The number of nitrogens with two attached hydrogens (primary N) is 1. The molecule has 0 radical (unpaired) electrons. The minimum Gasteiger partial charge on any atom is -0.368 e. The lowest BCUT2D eigenvalue weighted by Crippen LogP contribution is -2.32. The zero-order valence-corrected chi connectivity index (χ0v) is 12.7. The van der Waals surface area contributed by atoms with Crippen molar-refractivity contribution in [3.8, 4) is 0 Å². The third kappa shape index (κ3) is 3.16. The molecular formula is C13H19N5OS. The maximum atomic E-state index is 11.2. The number of nitrogens with one attached hydrogen (secondary N) is 2. The number of hydrogen-bond acceptors (Lipinski definition) is 6. The Hall–Kier alpha value is -1.89. The van der Waals surface area contributed by atoms with Gasteiger partial charge in [-0.05, 0) is 26.3 Å². The topological polar surface area (TPSA) is 92.9 Å². The van der Waals surface area contributed by atoms with Crippen molar-refractivity contribution in [2.45, 2.75) is 33.2 Å². The fourth-order valence-corrected chi connectivity index (χ4v) is 2.62. The van der Waals surface area contributed by atoms with Crippen molar-refractivity contribution < 1.29 is 4.79 Å². The number of anilines is 2. The number of aryl methyl sites for hydroxylation is 1. The molecule has 0 bridgehead atoms. The van der Waals surface area contributed by atoms with Crippen LogP contribution in [0.2, 0.25) is 0 Å². The second kappa shape index (κ2) is 6.04. The van der Waals surface area contributed by atoms with E-state index in [9.17, 15) is 4.79 Å². The van der Waals surface area contributed by atoms with Crippen molar-refractivity contribution in [3.63, 3.8) is 0 Å². The van der Waals surface area contributed by atoms with E-state index in [2.05, 4.69) is 27.5 Å². The van der Waals surface area contributed by atoms with Gasteiger partial charge in [-0.1, -0.05) is 6.92 Å². The molecule has 0 aliphatic heterocycles. The third-order valence-electron chi connectivity index (χ3n) is 2.83. The van der Waals surface area contributed by atoms with Crippen LogP contribution in [0, 0.1) is 6.92 Å². The number of primary amides is 1. The molecule has 2 aromatic heterocycles. The number of carbonyl (C=O) groups is 1. The molecule has 1 unspecified atom stereocenters. The Labute approximate surface area is 121 Å². The summed E-state index contributed by atoms with van der Waals surface area (Å²) in [5, 5.41) is 7.14. The van der Waals surface area contributed by atoms with Gasteiger partial charge in [0.05, 0.1) is 5.39 Å². The quantitative estimate of drug-likeness (QED) is 0.758. The smallest absolute Gasteiger partial charge is 0.239 e. The number of fused-ring (bicyclic) bond motifs is 1. The van der Waals surface area contributed by atoms with Gasteiger partial charge in [0.25, 0.3) is 0 Å². The number of amides is 1. The summed E-state index contributed by atoms with van der Waals surface area (Å²) < 4.78 is 0. The van der Waals surface area contributed by atoms with E-state index in [1.54, 1.807) is 18.3 Å². The van der Waals surface area contributed by atoms with Crippen LogP contribution in [-0.4, -0.2) is 28.5 Å². The van der Waals surface area contributed by atoms with Crippen LogP contribution in [0.25, 0.3) is 10.2 Å². The summed E-state index contributed by atoms with van der Waals surface area (Å²) >= 11 is 1.60. The highest BCUT2D eigenvalue weighted by atomic mass is 32.1. The molecule has 6 nitrogen and oxygen atoms in total. The molecule has 1 atom stereocenters. The Kier molecular flexibility index (Phi) is 4.39. The maximum Gasteiger partial charge on any atom is 0.239 e. The first kappa shape index (κ1) is 14.5. The number of nitrogens with zero attached hydrogens (tertiary/aromatic N) is 2. The van der Waals surface area contributed by atoms with Crippen LogP contribution < -0.4 is 16.4 Å². The first-order valence-corrected chi connectivity index (χ1v) is 7.40. The summed E-state index contributed by atoms with van der Waals surface area (Å²) in [6.07, 6.45) is 0.991. The molecular weight excluding hydrogens is 274 g/mol. The second-order valence-corrected chi connectivity index (χ2v) is 5.90. The lowest BCUT2D eigenvalue weighted by atomic mass is 10.3. The predicted octanol–water partition coefficient (Wildman–Crippen LogP) is 2.11. The fourth-order valence-electron chi connectivity index (χ4n) is 1.74. The number of thiophene rings is 1. The lowest BCUT2D eigenvalue weighted by molar-refractivity contribution is -0.118. The zero-order chi connectivity index (χ0) is 14.7. The minimum absolute atomic E-state index is 0.410. The average Bonchev–Trinajstić information content (AvgIpc) is 2.76. The van der Waals surface area contributed by atoms with Crippen molar-refractivity contribution in [2.24, 2.45) is 5.73 Å². The van der Waals surface area contributed by atoms with Crippen LogP contribution in [0.15, 0.2) is 6.07 Å². The van der Waals surface area contributed by atoms with Gasteiger partial charge in [0.2, 0.25) is 11.9 Å². The largest absolute Gasteiger partial charge is 0.368 e. The Morgan fingerprint density at radius 1 is 1.50 bits per heavy atom. The van der Waals surface area contributed by atoms with E-state index in [1.807, 2.05) is 13.0 Å². The standard InChI is InChI=1S/C13H19N5OS/c1-4-5-15-13-17-11(16-8(3)10(14)19)9-6-7(2)20-12(9)18-13/h6,8H,4-5H2,1-3H3,(H2,14,19)(H2,15,16,17,18). The monoisotopic (exact) mass is 293 g/mol. The number of aromatic nitrogens is 2. The molecule has 0 aliphatic rings. The Morgan fingerprint density at radius 3 is 2.90 bits per heavy atom. The highest BCUT2D eigenvalue weighted by Gasteiger charge is 2.15. The minimum atomic E-state index is -0.479. The van der Waals surface area contributed by atoms with Gasteiger partial charge in [0.1, 0.15) is 16.7 Å². The fraction of sp³-hybridized carbons (Fsp3) is 0.462.